The lowest BCUT2D eigenvalue weighted by atomic mass is 10.1. The van der Waals surface area contributed by atoms with Crippen molar-refractivity contribution in [2.75, 3.05) is 6.54 Å². The molecule has 9 nitrogen and oxygen atoms in total. The maximum absolute atomic E-state index is 13.2. The SMILES string of the molecule is Cl.O=C(NCCc1cnc[nH]1)c1ccc(COc2ccc(CNC(=O)[C@@H]3CCC(=O)N3Cc3ccc(F)cc3)cc2)cc1. The number of halogens is 2. The number of ether oxygens (including phenoxy) is 1. The van der Waals surface area contributed by atoms with Crippen LogP contribution >= 0.6 is 12.4 Å². The number of likely N-dealkylation sites (tertiary alicyclic amines) is 1. The number of imidazole rings is 1. The predicted molar refractivity (Wildman–Crippen MR) is 161 cm³/mol. The van der Waals surface area contributed by atoms with Crippen LogP contribution in [0.3, 0.4) is 0 Å². The minimum Gasteiger partial charge on any atom is -0.489 e. The van der Waals surface area contributed by atoms with Crippen LogP contribution in [-0.4, -0.2) is 45.2 Å². The smallest absolute Gasteiger partial charge is 0.251 e. The zero-order valence-corrected chi connectivity index (χ0v) is 24.2. The van der Waals surface area contributed by atoms with Crippen molar-refractivity contribution in [1.82, 2.24) is 25.5 Å². The third-order valence-corrected chi connectivity index (χ3v) is 7.14. The van der Waals surface area contributed by atoms with Crippen LogP contribution in [0.5, 0.6) is 5.75 Å². The third kappa shape index (κ3) is 8.65. The number of nitrogens with zero attached hydrogens (tertiary/aromatic N) is 2. The number of carbonyl (C=O) groups is 3. The highest BCUT2D eigenvalue weighted by molar-refractivity contribution is 5.94. The summed E-state index contributed by atoms with van der Waals surface area (Å²) in [6.45, 7) is 1.45. The van der Waals surface area contributed by atoms with Gasteiger partial charge in [0.15, 0.2) is 0 Å². The van der Waals surface area contributed by atoms with Gasteiger partial charge in [-0.15, -0.1) is 12.4 Å². The minimum atomic E-state index is -0.551. The lowest BCUT2D eigenvalue weighted by Gasteiger charge is -2.24. The molecular weight excluding hydrogens is 573 g/mol. The van der Waals surface area contributed by atoms with Crippen LogP contribution < -0.4 is 15.4 Å². The van der Waals surface area contributed by atoms with Gasteiger partial charge in [-0.25, -0.2) is 9.37 Å². The maximum atomic E-state index is 13.2. The summed E-state index contributed by atoms with van der Waals surface area (Å²) in [6, 6.07) is 20.1. The van der Waals surface area contributed by atoms with Crippen molar-refractivity contribution < 1.29 is 23.5 Å². The topological polar surface area (TPSA) is 116 Å². The van der Waals surface area contributed by atoms with Crippen LogP contribution in [0.1, 0.15) is 45.6 Å². The summed E-state index contributed by atoms with van der Waals surface area (Å²) in [5.74, 6) is -0.0912. The number of aromatic nitrogens is 2. The van der Waals surface area contributed by atoms with Crippen molar-refractivity contribution in [2.45, 2.75) is 45.0 Å². The summed E-state index contributed by atoms with van der Waals surface area (Å²) in [4.78, 5) is 46.2. The van der Waals surface area contributed by atoms with Gasteiger partial charge in [-0.2, -0.15) is 0 Å². The second-order valence-electron chi connectivity index (χ2n) is 10.1. The second kappa shape index (κ2) is 15.0. The predicted octanol–water partition coefficient (Wildman–Crippen LogP) is 4.33. The molecule has 0 spiro atoms. The molecule has 0 bridgehead atoms. The van der Waals surface area contributed by atoms with Crippen molar-refractivity contribution in [1.29, 1.82) is 0 Å². The lowest BCUT2D eigenvalue weighted by molar-refractivity contribution is -0.135. The van der Waals surface area contributed by atoms with Gasteiger partial charge in [-0.1, -0.05) is 36.4 Å². The highest BCUT2D eigenvalue weighted by Crippen LogP contribution is 2.22. The summed E-state index contributed by atoms with van der Waals surface area (Å²) < 4.78 is 19.1. The van der Waals surface area contributed by atoms with E-state index in [2.05, 4.69) is 20.6 Å². The molecule has 11 heteroatoms. The van der Waals surface area contributed by atoms with E-state index >= 15 is 0 Å². The fourth-order valence-electron chi connectivity index (χ4n) is 4.75. The highest BCUT2D eigenvalue weighted by atomic mass is 35.5. The Bertz CT molecular complexity index is 1500. The normalized spacial score (nSPS) is 14.2. The summed E-state index contributed by atoms with van der Waals surface area (Å²) in [7, 11) is 0. The molecule has 224 valence electrons. The molecule has 3 amide bonds. The van der Waals surface area contributed by atoms with Gasteiger partial charge in [-0.3, -0.25) is 14.4 Å². The third-order valence-electron chi connectivity index (χ3n) is 7.14. The van der Waals surface area contributed by atoms with E-state index in [1.807, 2.05) is 36.4 Å². The number of benzene rings is 3. The van der Waals surface area contributed by atoms with E-state index in [0.717, 1.165) is 22.4 Å². The number of amides is 3. The van der Waals surface area contributed by atoms with Crippen molar-refractivity contribution in [2.24, 2.45) is 0 Å². The number of aromatic amines is 1. The Morgan fingerprint density at radius 3 is 2.35 bits per heavy atom. The summed E-state index contributed by atoms with van der Waals surface area (Å²) in [5.41, 5.74) is 4.15. The molecule has 1 saturated heterocycles. The first kappa shape index (κ1) is 31.2. The Labute approximate surface area is 255 Å². The zero-order valence-electron chi connectivity index (χ0n) is 23.4. The van der Waals surface area contributed by atoms with Gasteiger partial charge in [0, 0.05) is 49.9 Å². The molecule has 0 aliphatic carbocycles. The fourth-order valence-corrected chi connectivity index (χ4v) is 4.75. The average molecular weight is 606 g/mol. The number of H-pyrrole nitrogens is 1. The molecule has 3 N–H and O–H groups in total. The second-order valence-corrected chi connectivity index (χ2v) is 10.1. The van der Waals surface area contributed by atoms with Gasteiger partial charge in [-0.05, 0) is 59.5 Å². The molecule has 0 radical (unpaired) electrons. The van der Waals surface area contributed by atoms with E-state index in [1.54, 1.807) is 41.7 Å². The Balaban J connectivity index is 0.00000423. The number of hydrogen-bond acceptors (Lipinski definition) is 5. The summed E-state index contributed by atoms with van der Waals surface area (Å²) in [6.07, 6.45) is 4.80. The number of nitrogens with one attached hydrogen (secondary N) is 3. The Kier molecular flexibility index (Phi) is 10.9. The average Bonchev–Trinajstić information content (AvgIpc) is 3.66. The zero-order chi connectivity index (χ0) is 29.3. The molecule has 1 aliphatic rings. The Morgan fingerprint density at radius 2 is 1.65 bits per heavy atom. The van der Waals surface area contributed by atoms with Gasteiger partial charge in [0.05, 0.1) is 6.33 Å². The largest absolute Gasteiger partial charge is 0.489 e. The molecule has 1 aliphatic heterocycles. The van der Waals surface area contributed by atoms with Gasteiger partial charge in [0.1, 0.15) is 24.2 Å². The van der Waals surface area contributed by atoms with Crippen molar-refractivity contribution in [3.63, 3.8) is 0 Å². The first-order chi connectivity index (χ1) is 20.4. The first-order valence-corrected chi connectivity index (χ1v) is 13.8. The lowest BCUT2D eigenvalue weighted by Crippen LogP contribution is -2.44. The fraction of sp³-hybridized carbons (Fsp3) is 0.250. The maximum Gasteiger partial charge on any atom is 0.251 e. The molecule has 1 aromatic heterocycles. The monoisotopic (exact) mass is 605 g/mol. The number of hydrogen-bond donors (Lipinski definition) is 3. The van der Waals surface area contributed by atoms with Crippen LogP contribution in [0.2, 0.25) is 0 Å². The molecule has 0 unspecified atom stereocenters. The van der Waals surface area contributed by atoms with Crippen molar-refractivity contribution >= 4 is 30.1 Å². The molecule has 43 heavy (non-hydrogen) atoms. The van der Waals surface area contributed by atoms with E-state index in [1.165, 1.54) is 12.1 Å². The van der Waals surface area contributed by atoms with Crippen molar-refractivity contribution in [3.05, 3.63) is 119 Å². The highest BCUT2D eigenvalue weighted by Gasteiger charge is 2.35. The van der Waals surface area contributed by atoms with E-state index in [-0.39, 0.29) is 42.5 Å². The molecule has 4 aromatic rings. The van der Waals surface area contributed by atoms with Crippen LogP contribution in [0.4, 0.5) is 4.39 Å². The van der Waals surface area contributed by atoms with E-state index < -0.39 is 6.04 Å². The van der Waals surface area contributed by atoms with Gasteiger partial charge in [0.25, 0.3) is 5.91 Å². The van der Waals surface area contributed by atoms with E-state index in [9.17, 15) is 18.8 Å². The van der Waals surface area contributed by atoms with Crippen LogP contribution in [0.15, 0.2) is 85.3 Å². The van der Waals surface area contributed by atoms with Gasteiger partial charge < -0.3 is 25.3 Å². The van der Waals surface area contributed by atoms with E-state index in [0.29, 0.717) is 50.3 Å². The molecular formula is C32H33ClFN5O4. The Morgan fingerprint density at radius 1 is 0.953 bits per heavy atom. The standard InChI is InChI=1S/C32H32FN5O4.ClH/c33-26-9-3-23(4-10-26)19-38-29(13-14-30(38)39)32(41)36-17-22-5-11-28(12-6-22)42-20-24-1-7-25(8-2-24)31(40)35-16-15-27-18-34-21-37-27;/h1-12,18,21,29H,13-17,19-20H2,(H,34,37)(H,35,40)(H,36,41);1H/t29-;/m0./s1. The number of carbonyl (C=O) groups excluding carboxylic acids is 3. The molecule has 5 rings (SSSR count). The molecule has 1 fully saturated rings. The summed E-state index contributed by atoms with van der Waals surface area (Å²) in [5, 5.41) is 5.82. The molecule has 0 saturated carbocycles. The Hall–Kier alpha value is -4.70. The first-order valence-electron chi connectivity index (χ1n) is 13.8. The summed E-state index contributed by atoms with van der Waals surface area (Å²) >= 11 is 0. The van der Waals surface area contributed by atoms with Crippen LogP contribution in [0.25, 0.3) is 0 Å². The molecule has 2 heterocycles. The number of rotatable bonds is 12. The van der Waals surface area contributed by atoms with Gasteiger partial charge in [0.2, 0.25) is 11.8 Å². The molecule has 1 atom stereocenters. The van der Waals surface area contributed by atoms with E-state index in [4.69, 9.17) is 4.74 Å². The van der Waals surface area contributed by atoms with Crippen molar-refractivity contribution in [3.8, 4) is 5.75 Å². The van der Waals surface area contributed by atoms with Crippen LogP contribution in [0, 0.1) is 5.82 Å². The minimum absolute atomic E-state index is 0. The van der Waals surface area contributed by atoms with Crippen LogP contribution in [-0.2, 0) is 35.7 Å². The molecule has 3 aromatic carbocycles. The quantitative estimate of drug-likeness (QED) is 0.222. The van der Waals surface area contributed by atoms with Gasteiger partial charge >= 0.3 is 0 Å².